The van der Waals surface area contributed by atoms with Gasteiger partial charge in [-0.15, -0.1) is 0 Å². The molecule has 154 valence electrons. The minimum Gasteiger partial charge on any atom is -0.356 e. The number of carbonyl (C=O) groups is 2. The smallest absolute Gasteiger partial charge is 0.228 e. The summed E-state index contributed by atoms with van der Waals surface area (Å²) in [5.74, 6) is 0.479. The van der Waals surface area contributed by atoms with E-state index < -0.39 is 0 Å². The number of anilines is 1. The number of hydrogen-bond donors (Lipinski definition) is 3. The van der Waals surface area contributed by atoms with Crippen LogP contribution in [0, 0.1) is 35.0 Å². The molecule has 1 spiro atoms. The zero-order valence-electron chi connectivity index (χ0n) is 16.5. The van der Waals surface area contributed by atoms with Crippen molar-refractivity contribution in [2.75, 3.05) is 25.0 Å². The van der Waals surface area contributed by atoms with Gasteiger partial charge in [0.1, 0.15) is 0 Å². The van der Waals surface area contributed by atoms with Gasteiger partial charge in [-0.2, -0.15) is 0 Å². The number of rotatable bonds is 5. The molecule has 1 aromatic carbocycles. The Kier molecular flexibility index (Phi) is 5.03. The summed E-state index contributed by atoms with van der Waals surface area (Å²) in [7, 11) is 0. The normalized spacial score (nSPS) is 31.8. The fourth-order valence-corrected chi connectivity index (χ4v) is 6.18. The van der Waals surface area contributed by atoms with E-state index >= 15 is 0 Å². The number of hydrogen-bond acceptors (Lipinski definition) is 3. The third-order valence-corrected chi connectivity index (χ3v) is 8.11. The molecule has 0 radical (unpaired) electrons. The Bertz CT molecular complexity index is 827. The van der Waals surface area contributed by atoms with E-state index in [4.69, 9.17) is 0 Å². The van der Waals surface area contributed by atoms with E-state index in [1.807, 2.05) is 24.3 Å². The Morgan fingerprint density at radius 1 is 1.00 bits per heavy atom. The van der Waals surface area contributed by atoms with Crippen molar-refractivity contribution in [2.24, 2.45) is 35.0 Å². The predicted molar refractivity (Wildman–Crippen MR) is 116 cm³/mol. The van der Waals surface area contributed by atoms with Gasteiger partial charge < -0.3 is 16.0 Å². The molecule has 5 nitrogen and oxygen atoms in total. The highest BCUT2D eigenvalue weighted by atomic mass is 79.9. The van der Waals surface area contributed by atoms with Crippen LogP contribution < -0.4 is 16.0 Å². The van der Waals surface area contributed by atoms with Gasteiger partial charge in [0.25, 0.3) is 0 Å². The van der Waals surface area contributed by atoms with Gasteiger partial charge in [-0.25, -0.2) is 0 Å². The fourth-order valence-electron chi connectivity index (χ4n) is 5.92. The van der Waals surface area contributed by atoms with Gasteiger partial charge in [0, 0.05) is 16.7 Å². The summed E-state index contributed by atoms with van der Waals surface area (Å²) in [6.07, 6.45) is 8.91. The molecule has 3 aliphatic carbocycles. The third kappa shape index (κ3) is 3.44. The molecule has 3 fully saturated rings. The highest BCUT2D eigenvalue weighted by molar-refractivity contribution is 9.10. The Morgan fingerprint density at radius 3 is 2.24 bits per heavy atom. The first-order valence-electron chi connectivity index (χ1n) is 10.8. The van der Waals surface area contributed by atoms with Crippen molar-refractivity contribution >= 4 is 33.4 Å². The molecule has 2 bridgehead atoms. The highest BCUT2D eigenvalue weighted by Gasteiger charge is 2.69. The molecular weight excluding hydrogens is 430 g/mol. The number of piperidine rings is 1. The molecular formula is C23H28BrN3O2. The van der Waals surface area contributed by atoms with Crippen LogP contribution in [0.1, 0.15) is 25.7 Å². The van der Waals surface area contributed by atoms with E-state index in [9.17, 15) is 9.59 Å². The molecule has 5 rings (SSSR count). The zero-order chi connectivity index (χ0) is 20.0. The van der Waals surface area contributed by atoms with Crippen LogP contribution in [0.3, 0.4) is 0 Å². The number of nitrogens with one attached hydrogen (secondary N) is 3. The first-order chi connectivity index (χ1) is 14.1. The molecule has 1 aromatic rings. The molecule has 29 heavy (non-hydrogen) atoms. The molecule has 4 atom stereocenters. The molecule has 6 heteroatoms. The molecule has 3 N–H and O–H groups in total. The Balaban J connectivity index is 1.31. The van der Waals surface area contributed by atoms with Crippen molar-refractivity contribution in [3.63, 3.8) is 0 Å². The topological polar surface area (TPSA) is 70.2 Å². The van der Waals surface area contributed by atoms with E-state index in [0.717, 1.165) is 55.5 Å². The number of carbonyl (C=O) groups excluding carboxylic acids is 2. The Labute approximate surface area is 180 Å². The Hall–Kier alpha value is -1.66. The Morgan fingerprint density at radius 2 is 1.62 bits per heavy atom. The lowest BCUT2D eigenvalue weighted by atomic mass is 9.81. The van der Waals surface area contributed by atoms with Crippen LogP contribution >= 0.6 is 15.9 Å². The number of halogens is 1. The molecule has 0 unspecified atom stereocenters. The fraction of sp³-hybridized carbons (Fsp3) is 0.565. The summed E-state index contributed by atoms with van der Waals surface area (Å²) in [5, 5.41) is 9.65. The molecule has 1 saturated heterocycles. The van der Waals surface area contributed by atoms with E-state index in [1.54, 1.807) is 0 Å². The molecule has 2 amide bonds. The summed E-state index contributed by atoms with van der Waals surface area (Å²) in [6, 6.07) is 7.62. The average molecular weight is 458 g/mol. The summed E-state index contributed by atoms with van der Waals surface area (Å²) >= 11 is 3.43. The van der Waals surface area contributed by atoms with Gasteiger partial charge in [-0.05, 0) is 86.2 Å². The standard InChI is InChI=1S/C23H28BrN3O2/c24-15-1-3-16(4-2-15)27-22(29)20-18-6-5-17(23(18)9-10-23)19(20)21(28)26-13-14-7-11-25-12-8-14/h1-6,14,17-20,25H,7-13H2,(H,26,28)(H,27,29)/t17-,18-,19-,20-/m1/s1. The van der Waals surface area contributed by atoms with Crippen molar-refractivity contribution < 1.29 is 9.59 Å². The van der Waals surface area contributed by atoms with Gasteiger partial charge in [-0.3, -0.25) is 9.59 Å². The minimum atomic E-state index is -0.274. The second-order valence-electron chi connectivity index (χ2n) is 9.16. The van der Waals surface area contributed by atoms with E-state index in [1.165, 1.54) is 0 Å². The first-order valence-corrected chi connectivity index (χ1v) is 11.6. The SMILES string of the molecule is O=C(NCC1CCNCC1)[C@H]1[C@H](C(=O)Nc2ccc(Br)cc2)[C@H]2C=C[C@H]1C21CC1. The molecule has 1 aliphatic heterocycles. The quantitative estimate of drug-likeness (QED) is 0.593. The number of allylic oxidation sites excluding steroid dienone is 2. The van der Waals surface area contributed by atoms with Crippen LogP contribution in [-0.4, -0.2) is 31.4 Å². The number of amides is 2. The van der Waals surface area contributed by atoms with Crippen LogP contribution in [0.4, 0.5) is 5.69 Å². The largest absolute Gasteiger partial charge is 0.356 e. The van der Waals surface area contributed by atoms with Gasteiger partial charge in [0.2, 0.25) is 11.8 Å². The van der Waals surface area contributed by atoms with Gasteiger partial charge in [0.05, 0.1) is 11.8 Å². The van der Waals surface area contributed by atoms with Crippen molar-refractivity contribution in [2.45, 2.75) is 25.7 Å². The van der Waals surface area contributed by atoms with Gasteiger partial charge >= 0.3 is 0 Å². The van der Waals surface area contributed by atoms with Gasteiger partial charge in [0.15, 0.2) is 0 Å². The van der Waals surface area contributed by atoms with Crippen molar-refractivity contribution in [3.8, 4) is 0 Å². The third-order valence-electron chi connectivity index (χ3n) is 7.58. The lowest BCUT2D eigenvalue weighted by Gasteiger charge is -2.28. The summed E-state index contributed by atoms with van der Waals surface area (Å²) in [6.45, 7) is 2.78. The van der Waals surface area contributed by atoms with Crippen LogP contribution in [0.15, 0.2) is 40.9 Å². The summed E-state index contributed by atoms with van der Waals surface area (Å²) < 4.78 is 0.977. The second kappa shape index (κ2) is 7.55. The first kappa shape index (κ1) is 19.3. The van der Waals surface area contributed by atoms with E-state index in [-0.39, 0.29) is 40.9 Å². The van der Waals surface area contributed by atoms with Crippen LogP contribution in [0.25, 0.3) is 0 Å². The number of benzene rings is 1. The zero-order valence-corrected chi connectivity index (χ0v) is 18.1. The lowest BCUT2D eigenvalue weighted by Crippen LogP contribution is -2.44. The van der Waals surface area contributed by atoms with Crippen LogP contribution in [0.5, 0.6) is 0 Å². The van der Waals surface area contributed by atoms with Gasteiger partial charge in [-0.1, -0.05) is 28.1 Å². The molecule has 1 heterocycles. The molecule has 0 aromatic heterocycles. The second-order valence-corrected chi connectivity index (χ2v) is 10.1. The maximum absolute atomic E-state index is 13.3. The summed E-state index contributed by atoms with van der Waals surface area (Å²) in [4.78, 5) is 26.5. The predicted octanol–water partition coefficient (Wildman–Crippen LogP) is 3.33. The molecule has 4 aliphatic rings. The van der Waals surface area contributed by atoms with E-state index in [0.29, 0.717) is 5.92 Å². The summed E-state index contributed by atoms with van der Waals surface area (Å²) in [5.41, 5.74) is 0.946. The maximum atomic E-state index is 13.3. The highest BCUT2D eigenvalue weighted by Crippen LogP contribution is 2.72. The average Bonchev–Trinajstić information content (AvgIpc) is 3.41. The lowest BCUT2D eigenvalue weighted by molar-refractivity contribution is -0.133. The van der Waals surface area contributed by atoms with Crippen LogP contribution in [-0.2, 0) is 9.59 Å². The van der Waals surface area contributed by atoms with Crippen LogP contribution in [0.2, 0.25) is 0 Å². The van der Waals surface area contributed by atoms with Crippen molar-refractivity contribution in [1.82, 2.24) is 10.6 Å². The van der Waals surface area contributed by atoms with Crippen molar-refractivity contribution in [1.29, 1.82) is 0 Å². The van der Waals surface area contributed by atoms with E-state index in [2.05, 4.69) is 44.0 Å². The monoisotopic (exact) mass is 457 g/mol. The minimum absolute atomic E-state index is 0.0162. The molecule has 2 saturated carbocycles. The van der Waals surface area contributed by atoms with Crippen molar-refractivity contribution in [3.05, 3.63) is 40.9 Å². The maximum Gasteiger partial charge on any atom is 0.228 e.